The van der Waals surface area contributed by atoms with E-state index in [0.29, 0.717) is 0 Å². The van der Waals surface area contributed by atoms with Crippen molar-refractivity contribution in [2.24, 2.45) is 0 Å². The lowest BCUT2D eigenvalue weighted by Crippen LogP contribution is -1.87. The maximum atomic E-state index is 12.4. The number of hydrogen-bond acceptors (Lipinski definition) is 2. The molecule has 0 heterocycles. The maximum absolute atomic E-state index is 12.4. The molecule has 60 valence electrons. The maximum Gasteiger partial charge on any atom is 0.279 e. The summed E-state index contributed by atoms with van der Waals surface area (Å²) in [5, 5.41) is 10.2. The van der Waals surface area contributed by atoms with Gasteiger partial charge in [-0.3, -0.25) is 10.1 Å². The first kappa shape index (κ1) is 8.14. The summed E-state index contributed by atoms with van der Waals surface area (Å²) in [6, 6.07) is 2.76. The third-order valence-corrected chi connectivity index (χ3v) is 1.25. The lowest BCUT2D eigenvalue weighted by molar-refractivity contribution is -0.383. The van der Waals surface area contributed by atoms with Gasteiger partial charge in [0.2, 0.25) is 0 Å². The number of nitro groups is 1. The molecule has 0 atom stereocenters. The molecule has 0 aromatic heterocycles. The van der Waals surface area contributed by atoms with Gasteiger partial charge >= 0.3 is 0 Å². The van der Waals surface area contributed by atoms with Crippen LogP contribution in [-0.4, -0.2) is 4.92 Å². The van der Waals surface area contributed by atoms with Gasteiger partial charge in [0.05, 0.1) is 11.5 Å². The zero-order valence-electron chi connectivity index (χ0n) is 5.82. The highest BCUT2D eigenvalue weighted by Gasteiger charge is 2.13. The van der Waals surface area contributed by atoms with Gasteiger partial charge in [0.15, 0.2) is 0 Å². The molecule has 0 aliphatic carbocycles. The summed E-state index contributed by atoms with van der Waals surface area (Å²) < 4.78 is 12.4. The zero-order chi connectivity index (χ0) is 9.14. The Bertz CT molecular complexity index is 370. The number of hydrogen-bond donors (Lipinski definition) is 0. The smallest absolute Gasteiger partial charge is 0.260 e. The molecule has 0 unspecified atom stereocenters. The Morgan fingerprint density at radius 2 is 2.25 bits per heavy atom. The Kier molecular flexibility index (Phi) is 2.01. The molecule has 0 aliphatic rings. The van der Waals surface area contributed by atoms with Crippen molar-refractivity contribution in [1.82, 2.24) is 0 Å². The molecule has 1 aromatic carbocycles. The Hall–Kier alpha value is -1.96. The summed E-state index contributed by atoms with van der Waals surface area (Å²) in [4.78, 5) is 12.3. The summed E-state index contributed by atoms with van der Waals surface area (Å²) in [6.07, 6.45) is 0. The molecule has 0 fully saturated rings. The van der Waals surface area contributed by atoms with Gasteiger partial charge in [-0.1, -0.05) is 0 Å². The van der Waals surface area contributed by atoms with E-state index in [1.807, 2.05) is 0 Å². The van der Waals surface area contributed by atoms with Crippen molar-refractivity contribution < 1.29 is 9.31 Å². The van der Waals surface area contributed by atoms with Crippen molar-refractivity contribution in [1.29, 1.82) is 0 Å². The number of nitrogens with zero attached hydrogens (tertiary/aromatic N) is 2. The van der Waals surface area contributed by atoms with Crippen LogP contribution in [0.15, 0.2) is 18.2 Å². The molecule has 1 rings (SSSR count). The van der Waals surface area contributed by atoms with E-state index in [9.17, 15) is 14.5 Å². The molecule has 0 N–H and O–H groups in total. The van der Waals surface area contributed by atoms with Gasteiger partial charge in [-0.25, -0.2) is 9.24 Å². The molecular weight excluding hydrogens is 163 g/mol. The molecule has 0 saturated heterocycles. The number of rotatable bonds is 1. The topological polar surface area (TPSA) is 47.5 Å². The Balaban J connectivity index is 3.32. The number of nitro benzene ring substituents is 1. The summed E-state index contributed by atoms with van der Waals surface area (Å²) in [5.41, 5.74) is -0.647. The SMILES string of the molecule is [C-]#[N+]c1cc(F)ccc1[N+](=O)[O-]. The van der Waals surface area contributed by atoms with Crippen LogP contribution in [0.25, 0.3) is 4.85 Å². The lowest BCUT2D eigenvalue weighted by atomic mass is 10.3. The molecule has 0 bridgehead atoms. The predicted molar refractivity (Wildman–Crippen MR) is 39.3 cm³/mol. The third-order valence-electron chi connectivity index (χ3n) is 1.25. The Morgan fingerprint density at radius 1 is 1.58 bits per heavy atom. The standard InChI is InChI=1S/C7H3FN2O2/c1-9-6-4-5(8)2-3-7(6)10(11)12/h2-4H. The highest BCUT2D eigenvalue weighted by atomic mass is 19.1. The highest BCUT2D eigenvalue weighted by Crippen LogP contribution is 2.27. The monoisotopic (exact) mass is 166 g/mol. The molecule has 4 nitrogen and oxygen atoms in total. The molecule has 1 aromatic rings. The lowest BCUT2D eigenvalue weighted by Gasteiger charge is -1.93. The van der Waals surface area contributed by atoms with E-state index in [-0.39, 0.29) is 11.4 Å². The molecule has 0 radical (unpaired) electrons. The summed E-state index contributed by atoms with van der Waals surface area (Å²) in [6.45, 7) is 6.53. The van der Waals surface area contributed by atoms with E-state index in [1.165, 1.54) is 0 Å². The van der Waals surface area contributed by atoms with Crippen molar-refractivity contribution in [2.75, 3.05) is 0 Å². The van der Waals surface area contributed by atoms with Gasteiger partial charge in [0, 0.05) is 6.07 Å². The van der Waals surface area contributed by atoms with Crippen LogP contribution in [0.2, 0.25) is 0 Å². The minimum absolute atomic E-state index is 0.278. The van der Waals surface area contributed by atoms with Crippen LogP contribution in [0.5, 0.6) is 0 Å². The first-order valence-corrected chi connectivity index (χ1v) is 2.96. The molecule has 12 heavy (non-hydrogen) atoms. The minimum atomic E-state index is -0.715. The van der Waals surface area contributed by atoms with Crippen molar-refractivity contribution in [2.45, 2.75) is 0 Å². The fourth-order valence-electron chi connectivity index (χ4n) is 0.741. The molecular formula is C7H3FN2O2. The van der Waals surface area contributed by atoms with Gasteiger partial charge < -0.3 is 0 Å². The highest BCUT2D eigenvalue weighted by molar-refractivity contribution is 5.62. The first-order valence-electron chi connectivity index (χ1n) is 2.96. The van der Waals surface area contributed by atoms with Crippen LogP contribution < -0.4 is 0 Å². The second kappa shape index (κ2) is 2.96. The fourth-order valence-corrected chi connectivity index (χ4v) is 0.741. The van der Waals surface area contributed by atoms with E-state index in [1.54, 1.807) is 0 Å². The van der Waals surface area contributed by atoms with Crippen molar-refractivity contribution in [3.05, 3.63) is 45.5 Å². The number of benzene rings is 1. The van der Waals surface area contributed by atoms with Gasteiger partial charge in [-0.2, -0.15) is 0 Å². The van der Waals surface area contributed by atoms with Crippen LogP contribution in [-0.2, 0) is 0 Å². The molecule has 0 aliphatic heterocycles. The van der Waals surface area contributed by atoms with E-state index >= 15 is 0 Å². The van der Waals surface area contributed by atoms with Gasteiger partial charge in [-0.05, 0) is 12.1 Å². The largest absolute Gasteiger partial charge is 0.279 e. The molecule has 0 amide bonds. The average molecular weight is 166 g/mol. The van der Waals surface area contributed by atoms with Gasteiger partial charge in [0.25, 0.3) is 11.4 Å². The summed E-state index contributed by atoms with van der Waals surface area (Å²) in [5.74, 6) is -0.647. The second-order valence-corrected chi connectivity index (χ2v) is 2.00. The van der Waals surface area contributed by atoms with Crippen LogP contribution in [0, 0.1) is 22.5 Å². The van der Waals surface area contributed by atoms with Crippen molar-refractivity contribution in [3.63, 3.8) is 0 Å². The van der Waals surface area contributed by atoms with E-state index in [0.717, 1.165) is 18.2 Å². The zero-order valence-corrected chi connectivity index (χ0v) is 5.82. The Labute approximate surface area is 67.2 Å². The summed E-state index contributed by atoms with van der Waals surface area (Å²) >= 11 is 0. The van der Waals surface area contributed by atoms with Gasteiger partial charge in [-0.15, -0.1) is 0 Å². The van der Waals surface area contributed by atoms with E-state index < -0.39 is 10.7 Å². The normalized spacial score (nSPS) is 9.00. The second-order valence-electron chi connectivity index (χ2n) is 2.00. The molecule has 5 heteroatoms. The summed E-state index contributed by atoms with van der Waals surface area (Å²) in [7, 11) is 0. The van der Waals surface area contributed by atoms with Crippen molar-refractivity contribution >= 4 is 11.4 Å². The van der Waals surface area contributed by atoms with Gasteiger partial charge in [0.1, 0.15) is 5.82 Å². The Morgan fingerprint density at radius 3 is 2.75 bits per heavy atom. The van der Waals surface area contributed by atoms with E-state index in [2.05, 4.69) is 4.85 Å². The van der Waals surface area contributed by atoms with Crippen LogP contribution >= 0.6 is 0 Å². The first-order chi connectivity index (χ1) is 5.65. The average Bonchev–Trinajstić information content (AvgIpc) is 2.03. The van der Waals surface area contributed by atoms with E-state index in [4.69, 9.17) is 6.57 Å². The quantitative estimate of drug-likeness (QED) is 0.365. The third kappa shape index (κ3) is 1.37. The molecule has 0 saturated carbocycles. The fraction of sp³-hybridized carbons (Fsp3) is 0. The number of halogens is 1. The van der Waals surface area contributed by atoms with Crippen LogP contribution in [0.3, 0.4) is 0 Å². The van der Waals surface area contributed by atoms with Crippen LogP contribution in [0.4, 0.5) is 15.8 Å². The van der Waals surface area contributed by atoms with Crippen molar-refractivity contribution in [3.8, 4) is 0 Å². The van der Waals surface area contributed by atoms with Crippen LogP contribution in [0.1, 0.15) is 0 Å². The predicted octanol–water partition coefficient (Wildman–Crippen LogP) is 2.28. The minimum Gasteiger partial charge on any atom is -0.260 e. The molecule has 0 spiro atoms.